The molecule has 0 aromatic carbocycles. The van der Waals surface area contributed by atoms with Crippen LogP contribution in [0, 0.1) is 13.8 Å². The molecule has 2 aromatic heterocycles. The van der Waals surface area contributed by atoms with Crippen LogP contribution in [0.15, 0.2) is 10.6 Å². The Morgan fingerprint density at radius 2 is 2.32 bits per heavy atom. The summed E-state index contributed by atoms with van der Waals surface area (Å²) in [5, 5.41) is 14.1. The molecule has 0 bridgehead atoms. The minimum Gasteiger partial charge on any atom is -0.391 e. The second-order valence-corrected chi connectivity index (χ2v) is 4.95. The van der Waals surface area contributed by atoms with E-state index in [2.05, 4.69) is 10.1 Å². The number of aryl methyl sites for hydroxylation is 2. The smallest absolute Gasteiger partial charge is 0.258 e. The summed E-state index contributed by atoms with van der Waals surface area (Å²) in [4.78, 5) is 18.4. The van der Waals surface area contributed by atoms with E-state index in [-0.39, 0.29) is 5.91 Å². The van der Waals surface area contributed by atoms with E-state index in [4.69, 9.17) is 4.52 Å². The zero-order valence-electron chi connectivity index (χ0n) is 10.9. The van der Waals surface area contributed by atoms with Crippen LogP contribution in [0.5, 0.6) is 0 Å². The first-order valence-electron chi connectivity index (χ1n) is 6.27. The monoisotopic (exact) mass is 261 g/mol. The molecule has 2 aromatic rings. The van der Waals surface area contributed by atoms with Gasteiger partial charge in [0.05, 0.1) is 22.7 Å². The van der Waals surface area contributed by atoms with Gasteiger partial charge in [-0.1, -0.05) is 5.16 Å². The summed E-state index contributed by atoms with van der Waals surface area (Å²) in [5.74, 6) is -0.0987. The first-order valence-corrected chi connectivity index (χ1v) is 6.27. The third-order valence-corrected chi connectivity index (χ3v) is 3.43. The highest BCUT2D eigenvalue weighted by Gasteiger charge is 2.28. The molecule has 0 aliphatic carbocycles. The lowest BCUT2D eigenvalue weighted by molar-refractivity contribution is 0.0766. The van der Waals surface area contributed by atoms with Gasteiger partial charge in [-0.3, -0.25) is 4.79 Å². The molecule has 3 rings (SSSR count). The van der Waals surface area contributed by atoms with Crippen molar-refractivity contribution in [3.8, 4) is 0 Å². The van der Waals surface area contributed by atoms with Crippen molar-refractivity contribution in [1.29, 1.82) is 0 Å². The van der Waals surface area contributed by atoms with Gasteiger partial charge >= 0.3 is 0 Å². The summed E-state index contributed by atoms with van der Waals surface area (Å²) in [5.41, 5.74) is 2.31. The van der Waals surface area contributed by atoms with Crippen LogP contribution in [-0.2, 0) is 0 Å². The number of amides is 1. The molecule has 6 heteroatoms. The number of likely N-dealkylation sites (tertiary alicyclic amines) is 1. The van der Waals surface area contributed by atoms with Crippen LogP contribution in [0.2, 0.25) is 0 Å². The number of hydrogen-bond donors (Lipinski definition) is 1. The standard InChI is InChI=1S/C13H15N3O3/c1-7-5-10(11-8(2)15-19-12(11)14-7)13(18)16-4-3-9(17)6-16/h5,9,17H,3-4,6H2,1-2H3/t9-/m0/s1. The van der Waals surface area contributed by atoms with E-state index in [9.17, 15) is 9.90 Å². The van der Waals surface area contributed by atoms with Gasteiger partial charge in [-0.05, 0) is 26.3 Å². The van der Waals surface area contributed by atoms with Crippen molar-refractivity contribution in [2.75, 3.05) is 13.1 Å². The van der Waals surface area contributed by atoms with Crippen molar-refractivity contribution >= 4 is 17.0 Å². The molecule has 6 nitrogen and oxygen atoms in total. The number of carbonyl (C=O) groups excluding carboxylic acids is 1. The molecule has 1 atom stereocenters. The number of rotatable bonds is 1. The second kappa shape index (κ2) is 4.31. The van der Waals surface area contributed by atoms with Crippen LogP contribution >= 0.6 is 0 Å². The van der Waals surface area contributed by atoms with E-state index in [1.165, 1.54) is 0 Å². The fourth-order valence-corrected chi connectivity index (χ4v) is 2.48. The predicted octanol–water partition coefficient (Wildman–Crippen LogP) is 1.05. The van der Waals surface area contributed by atoms with Crippen LogP contribution in [0.3, 0.4) is 0 Å². The Morgan fingerprint density at radius 3 is 3.00 bits per heavy atom. The molecule has 1 saturated heterocycles. The van der Waals surface area contributed by atoms with E-state index < -0.39 is 6.10 Å². The molecule has 1 N–H and O–H groups in total. The quantitative estimate of drug-likeness (QED) is 0.830. The third-order valence-electron chi connectivity index (χ3n) is 3.43. The number of fused-ring (bicyclic) bond motifs is 1. The average molecular weight is 261 g/mol. The van der Waals surface area contributed by atoms with Crippen molar-refractivity contribution in [2.24, 2.45) is 0 Å². The van der Waals surface area contributed by atoms with Gasteiger partial charge < -0.3 is 14.5 Å². The molecule has 1 aliphatic rings. The Labute approximate surface area is 110 Å². The SMILES string of the molecule is Cc1cc(C(=O)N2CC[C@H](O)C2)c2c(C)noc2n1. The fraction of sp³-hybridized carbons (Fsp3) is 0.462. The molecule has 3 heterocycles. The lowest BCUT2D eigenvalue weighted by atomic mass is 10.1. The Hall–Kier alpha value is -1.95. The van der Waals surface area contributed by atoms with Crippen LogP contribution in [0.1, 0.15) is 28.2 Å². The highest BCUT2D eigenvalue weighted by atomic mass is 16.5. The molecule has 0 unspecified atom stereocenters. The van der Waals surface area contributed by atoms with Crippen molar-refractivity contribution in [1.82, 2.24) is 15.0 Å². The first kappa shape index (κ1) is 12.1. The molecule has 100 valence electrons. The minimum absolute atomic E-state index is 0.0987. The van der Waals surface area contributed by atoms with E-state index in [0.717, 1.165) is 0 Å². The maximum absolute atomic E-state index is 12.5. The van der Waals surface area contributed by atoms with Crippen molar-refractivity contribution < 1.29 is 14.4 Å². The number of pyridine rings is 1. The van der Waals surface area contributed by atoms with Gasteiger partial charge in [-0.25, -0.2) is 4.98 Å². The molecule has 19 heavy (non-hydrogen) atoms. The number of hydrogen-bond acceptors (Lipinski definition) is 5. The van der Waals surface area contributed by atoms with E-state index in [1.54, 1.807) is 17.9 Å². The van der Waals surface area contributed by atoms with Crippen LogP contribution < -0.4 is 0 Å². The van der Waals surface area contributed by atoms with Crippen molar-refractivity contribution in [3.05, 3.63) is 23.0 Å². The zero-order valence-corrected chi connectivity index (χ0v) is 10.9. The van der Waals surface area contributed by atoms with Gasteiger partial charge in [0.15, 0.2) is 0 Å². The van der Waals surface area contributed by atoms with Crippen molar-refractivity contribution in [3.63, 3.8) is 0 Å². The Balaban J connectivity index is 2.08. The summed E-state index contributed by atoms with van der Waals surface area (Å²) in [6.45, 7) is 4.56. The lowest BCUT2D eigenvalue weighted by Crippen LogP contribution is -2.29. The summed E-state index contributed by atoms with van der Waals surface area (Å²) in [6.07, 6.45) is 0.202. The van der Waals surface area contributed by atoms with Gasteiger partial charge in [-0.15, -0.1) is 0 Å². The van der Waals surface area contributed by atoms with Gasteiger partial charge in [0.2, 0.25) is 0 Å². The number of carbonyl (C=O) groups is 1. The Morgan fingerprint density at radius 1 is 1.53 bits per heavy atom. The number of aliphatic hydroxyl groups excluding tert-OH is 1. The topological polar surface area (TPSA) is 79.5 Å². The van der Waals surface area contributed by atoms with Crippen molar-refractivity contribution in [2.45, 2.75) is 26.4 Å². The number of nitrogens with zero attached hydrogens (tertiary/aromatic N) is 3. The maximum Gasteiger partial charge on any atom is 0.258 e. The summed E-state index contributed by atoms with van der Waals surface area (Å²) in [6, 6.07) is 1.75. The van der Waals surface area contributed by atoms with E-state index >= 15 is 0 Å². The maximum atomic E-state index is 12.5. The van der Waals surface area contributed by atoms with Crippen LogP contribution in [0.25, 0.3) is 11.1 Å². The summed E-state index contributed by atoms with van der Waals surface area (Å²) in [7, 11) is 0. The van der Waals surface area contributed by atoms with Gasteiger partial charge in [0.1, 0.15) is 0 Å². The lowest BCUT2D eigenvalue weighted by Gasteiger charge is -2.16. The summed E-state index contributed by atoms with van der Waals surface area (Å²) >= 11 is 0. The Kier molecular flexibility index (Phi) is 2.74. The zero-order chi connectivity index (χ0) is 13.6. The predicted molar refractivity (Wildman–Crippen MR) is 67.8 cm³/mol. The number of aromatic nitrogens is 2. The van der Waals surface area contributed by atoms with Gasteiger partial charge in [-0.2, -0.15) is 0 Å². The molecule has 0 saturated carbocycles. The van der Waals surface area contributed by atoms with Gasteiger partial charge in [0, 0.05) is 18.8 Å². The third kappa shape index (κ3) is 1.98. The number of aliphatic hydroxyl groups is 1. The molecular formula is C13H15N3O3. The fourth-order valence-electron chi connectivity index (χ4n) is 2.48. The first-order chi connectivity index (χ1) is 9.06. The molecule has 0 spiro atoms. The molecule has 1 amide bonds. The number of β-amino-alcohol motifs (C(OH)–C–C–N with tert-alkyl or cyclic N) is 1. The van der Waals surface area contributed by atoms with Crippen LogP contribution in [0.4, 0.5) is 0 Å². The normalized spacial score (nSPS) is 19.3. The molecular weight excluding hydrogens is 246 g/mol. The minimum atomic E-state index is -0.425. The average Bonchev–Trinajstić information content (AvgIpc) is 2.95. The molecule has 1 aliphatic heterocycles. The largest absolute Gasteiger partial charge is 0.391 e. The Bertz CT molecular complexity index is 650. The van der Waals surface area contributed by atoms with Crippen LogP contribution in [-0.4, -0.2) is 45.2 Å². The van der Waals surface area contributed by atoms with E-state index in [1.807, 2.05) is 6.92 Å². The highest BCUT2D eigenvalue weighted by Crippen LogP contribution is 2.24. The molecule has 0 radical (unpaired) electrons. The summed E-state index contributed by atoms with van der Waals surface area (Å²) < 4.78 is 5.12. The highest BCUT2D eigenvalue weighted by molar-refractivity contribution is 6.06. The molecule has 1 fully saturated rings. The van der Waals surface area contributed by atoms with E-state index in [0.29, 0.717) is 47.6 Å². The van der Waals surface area contributed by atoms with Gasteiger partial charge in [0.25, 0.3) is 11.6 Å². The second-order valence-electron chi connectivity index (χ2n) is 4.95.